The lowest BCUT2D eigenvalue weighted by atomic mass is 10.4. The van der Waals surface area contributed by atoms with Crippen LogP contribution in [0.3, 0.4) is 0 Å². The fraction of sp³-hybridized carbons (Fsp3) is 0. The summed E-state index contributed by atoms with van der Waals surface area (Å²) < 4.78 is 0. The van der Waals surface area contributed by atoms with E-state index in [1.54, 1.807) is 17.8 Å². The molecular weight excluding hydrogens is 283 g/mol. The fourth-order valence-corrected chi connectivity index (χ4v) is 2.66. The largest absolute Gasteiger partial charge is 0.0885 e. The summed E-state index contributed by atoms with van der Waals surface area (Å²) in [4.78, 5) is 2.07. The Morgan fingerprint density at radius 3 is 2.00 bits per heavy atom. The van der Waals surface area contributed by atoms with E-state index in [4.69, 9.17) is 34.8 Å². The Bertz CT molecular complexity index is 494. The minimum Gasteiger partial charge on any atom is -0.0885 e. The molecule has 0 fully saturated rings. The van der Waals surface area contributed by atoms with Crippen molar-refractivity contribution in [2.24, 2.45) is 0 Å². The minimum atomic E-state index is 0.644. The summed E-state index contributed by atoms with van der Waals surface area (Å²) in [5.41, 5.74) is 0. The molecule has 16 heavy (non-hydrogen) atoms. The van der Waals surface area contributed by atoms with Crippen LogP contribution < -0.4 is 0 Å². The van der Waals surface area contributed by atoms with E-state index in [-0.39, 0.29) is 0 Å². The van der Waals surface area contributed by atoms with Gasteiger partial charge in [0.15, 0.2) is 0 Å². The maximum Gasteiger partial charge on any atom is 0.0560 e. The molecule has 0 aliphatic rings. The van der Waals surface area contributed by atoms with Crippen LogP contribution >= 0.6 is 46.6 Å². The van der Waals surface area contributed by atoms with Crippen molar-refractivity contribution in [1.29, 1.82) is 0 Å². The SMILES string of the molecule is Clc1ccc(Sc2ccc(Cl)cc2Cl)cc1. The van der Waals surface area contributed by atoms with Crippen molar-refractivity contribution in [2.45, 2.75) is 9.79 Å². The molecule has 0 nitrogen and oxygen atoms in total. The van der Waals surface area contributed by atoms with Gasteiger partial charge in [-0.25, -0.2) is 0 Å². The van der Waals surface area contributed by atoms with Crippen LogP contribution in [0.2, 0.25) is 15.1 Å². The maximum atomic E-state index is 6.08. The molecule has 0 unspecified atom stereocenters. The Hall–Kier alpha value is -0.340. The first-order valence-electron chi connectivity index (χ1n) is 4.53. The Kier molecular flexibility index (Phi) is 4.04. The van der Waals surface area contributed by atoms with Crippen molar-refractivity contribution in [1.82, 2.24) is 0 Å². The monoisotopic (exact) mass is 288 g/mol. The zero-order valence-electron chi connectivity index (χ0n) is 8.08. The molecule has 0 atom stereocenters. The maximum absolute atomic E-state index is 6.08. The third-order valence-electron chi connectivity index (χ3n) is 1.94. The first-order chi connectivity index (χ1) is 7.65. The standard InChI is InChI=1S/C12H7Cl3S/c13-8-1-4-10(5-2-8)16-12-6-3-9(14)7-11(12)15/h1-7H. The first-order valence-corrected chi connectivity index (χ1v) is 6.48. The number of halogens is 3. The summed E-state index contributed by atoms with van der Waals surface area (Å²) in [6, 6.07) is 13.1. The third-order valence-corrected chi connectivity index (χ3v) is 3.93. The average Bonchev–Trinajstić information content (AvgIpc) is 2.25. The van der Waals surface area contributed by atoms with Gasteiger partial charge in [0.1, 0.15) is 0 Å². The molecule has 0 spiro atoms. The van der Waals surface area contributed by atoms with Crippen LogP contribution in [0.5, 0.6) is 0 Å². The molecule has 0 saturated heterocycles. The lowest BCUT2D eigenvalue weighted by Crippen LogP contribution is -1.76. The molecule has 0 amide bonds. The van der Waals surface area contributed by atoms with Crippen LogP contribution in [-0.4, -0.2) is 0 Å². The van der Waals surface area contributed by atoms with Crippen molar-refractivity contribution in [3.63, 3.8) is 0 Å². The van der Waals surface area contributed by atoms with Gasteiger partial charge in [0.05, 0.1) is 5.02 Å². The van der Waals surface area contributed by atoms with Gasteiger partial charge in [0, 0.05) is 19.8 Å². The van der Waals surface area contributed by atoms with E-state index in [0.717, 1.165) is 14.8 Å². The molecule has 0 aromatic heterocycles. The van der Waals surface area contributed by atoms with E-state index in [9.17, 15) is 0 Å². The molecule has 0 saturated carbocycles. The average molecular weight is 290 g/mol. The number of rotatable bonds is 2. The number of hydrogen-bond acceptors (Lipinski definition) is 1. The summed E-state index contributed by atoms with van der Waals surface area (Å²) >= 11 is 19.3. The minimum absolute atomic E-state index is 0.644. The summed E-state index contributed by atoms with van der Waals surface area (Å²) in [6.45, 7) is 0. The smallest absolute Gasteiger partial charge is 0.0560 e. The summed E-state index contributed by atoms with van der Waals surface area (Å²) in [5.74, 6) is 0. The van der Waals surface area contributed by atoms with Crippen LogP contribution in [-0.2, 0) is 0 Å². The Morgan fingerprint density at radius 1 is 0.750 bits per heavy atom. The molecule has 0 aliphatic heterocycles. The van der Waals surface area contributed by atoms with Gasteiger partial charge < -0.3 is 0 Å². The third kappa shape index (κ3) is 3.08. The summed E-state index contributed by atoms with van der Waals surface area (Å²) in [5, 5.41) is 2.03. The quantitative estimate of drug-likeness (QED) is 0.673. The van der Waals surface area contributed by atoms with Crippen molar-refractivity contribution in [2.75, 3.05) is 0 Å². The predicted molar refractivity (Wildman–Crippen MR) is 72.0 cm³/mol. The van der Waals surface area contributed by atoms with Gasteiger partial charge in [-0.15, -0.1) is 0 Å². The molecule has 0 radical (unpaired) electrons. The van der Waals surface area contributed by atoms with Crippen molar-refractivity contribution in [3.8, 4) is 0 Å². The highest BCUT2D eigenvalue weighted by molar-refractivity contribution is 7.99. The van der Waals surface area contributed by atoms with Crippen LogP contribution in [0.1, 0.15) is 0 Å². The molecule has 82 valence electrons. The van der Waals surface area contributed by atoms with Crippen LogP contribution in [0.4, 0.5) is 0 Å². The second-order valence-corrected chi connectivity index (χ2v) is 5.53. The highest BCUT2D eigenvalue weighted by Gasteiger charge is 2.03. The van der Waals surface area contributed by atoms with Gasteiger partial charge in [-0.2, -0.15) is 0 Å². The second-order valence-electron chi connectivity index (χ2n) is 3.13. The number of hydrogen-bond donors (Lipinski definition) is 0. The van der Waals surface area contributed by atoms with Gasteiger partial charge in [-0.3, -0.25) is 0 Å². The van der Waals surface area contributed by atoms with Crippen LogP contribution in [0, 0.1) is 0 Å². The van der Waals surface area contributed by atoms with Gasteiger partial charge in [0.25, 0.3) is 0 Å². The van der Waals surface area contributed by atoms with Crippen molar-refractivity contribution >= 4 is 46.6 Å². The summed E-state index contributed by atoms with van der Waals surface area (Å²) in [6.07, 6.45) is 0. The molecule has 4 heteroatoms. The Balaban J connectivity index is 2.23. The summed E-state index contributed by atoms with van der Waals surface area (Å²) in [7, 11) is 0. The van der Waals surface area contributed by atoms with Gasteiger partial charge >= 0.3 is 0 Å². The zero-order valence-corrected chi connectivity index (χ0v) is 11.2. The lowest BCUT2D eigenvalue weighted by molar-refractivity contribution is 1.41. The molecule has 2 rings (SSSR count). The van der Waals surface area contributed by atoms with Crippen LogP contribution in [0.25, 0.3) is 0 Å². The second kappa shape index (κ2) is 5.33. The van der Waals surface area contributed by atoms with Gasteiger partial charge in [0.2, 0.25) is 0 Å². The van der Waals surface area contributed by atoms with Crippen LogP contribution in [0.15, 0.2) is 52.3 Å². The van der Waals surface area contributed by atoms with Crippen molar-refractivity contribution < 1.29 is 0 Å². The molecule has 2 aromatic rings. The van der Waals surface area contributed by atoms with E-state index in [2.05, 4.69) is 0 Å². The molecule has 2 aromatic carbocycles. The van der Waals surface area contributed by atoms with Gasteiger partial charge in [-0.1, -0.05) is 46.6 Å². The molecule has 0 aliphatic carbocycles. The van der Waals surface area contributed by atoms with E-state index in [0.29, 0.717) is 10.0 Å². The predicted octanol–water partition coefficient (Wildman–Crippen LogP) is 5.80. The zero-order chi connectivity index (χ0) is 11.5. The van der Waals surface area contributed by atoms with E-state index < -0.39 is 0 Å². The highest BCUT2D eigenvalue weighted by Crippen LogP contribution is 2.34. The topological polar surface area (TPSA) is 0 Å². The van der Waals surface area contributed by atoms with E-state index in [1.165, 1.54) is 0 Å². The first kappa shape index (κ1) is 12.1. The normalized spacial score (nSPS) is 10.4. The fourth-order valence-electron chi connectivity index (χ4n) is 1.19. The molecular formula is C12H7Cl3S. The van der Waals surface area contributed by atoms with E-state index in [1.807, 2.05) is 36.4 Å². The molecule has 0 heterocycles. The Morgan fingerprint density at radius 2 is 1.38 bits per heavy atom. The molecule has 0 bridgehead atoms. The van der Waals surface area contributed by atoms with Gasteiger partial charge in [-0.05, 0) is 42.5 Å². The lowest BCUT2D eigenvalue weighted by Gasteiger charge is -2.04. The highest BCUT2D eigenvalue weighted by atomic mass is 35.5. The van der Waals surface area contributed by atoms with E-state index >= 15 is 0 Å². The van der Waals surface area contributed by atoms with Crippen molar-refractivity contribution in [3.05, 3.63) is 57.5 Å². The number of benzene rings is 2. The Labute approximate surface area is 114 Å². The molecule has 0 N–H and O–H groups in total.